The van der Waals surface area contributed by atoms with Gasteiger partial charge in [-0.25, -0.2) is 4.39 Å². The molecule has 0 aliphatic heterocycles. The molecular weight excluding hydrogens is 307 g/mol. The van der Waals surface area contributed by atoms with E-state index < -0.39 is 0 Å². The molecule has 19 heavy (non-hydrogen) atoms. The minimum atomic E-state index is -0.234. The van der Waals surface area contributed by atoms with E-state index in [1.165, 1.54) is 11.6 Å². The summed E-state index contributed by atoms with van der Waals surface area (Å²) in [5, 5.41) is 3.29. The molecule has 4 heteroatoms. The van der Waals surface area contributed by atoms with Gasteiger partial charge >= 0.3 is 0 Å². The Bertz CT molecular complexity index is 572. The van der Waals surface area contributed by atoms with Crippen LogP contribution in [0.25, 0.3) is 0 Å². The van der Waals surface area contributed by atoms with Crippen LogP contribution in [0.5, 0.6) is 0 Å². The lowest BCUT2D eigenvalue weighted by atomic mass is 9.98. The molecule has 0 fully saturated rings. The van der Waals surface area contributed by atoms with Gasteiger partial charge in [0.25, 0.3) is 0 Å². The standard InChI is InChI=1S/C15H16BrFN2/c1-10-12(4-3-7-19-10)15(18-2)9-11-5-6-14(17)13(16)8-11/h3-8,15,18H,9H2,1-2H3. The maximum Gasteiger partial charge on any atom is 0.137 e. The molecule has 0 bridgehead atoms. The summed E-state index contributed by atoms with van der Waals surface area (Å²) in [6.07, 6.45) is 2.59. The molecule has 1 unspecified atom stereocenters. The molecule has 1 aromatic carbocycles. The zero-order valence-corrected chi connectivity index (χ0v) is 12.5. The SMILES string of the molecule is CNC(Cc1ccc(F)c(Br)c1)c1cccnc1C. The van der Waals surface area contributed by atoms with Crippen LogP contribution in [0.2, 0.25) is 0 Å². The summed E-state index contributed by atoms with van der Waals surface area (Å²) in [6, 6.07) is 9.31. The van der Waals surface area contributed by atoms with Gasteiger partial charge in [-0.15, -0.1) is 0 Å². The lowest BCUT2D eigenvalue weighted by Crippen LogP contribution is -2.20. The fourth-order valence-corrected chi connectivity index (χ4v) is 2.56. The summed E-state index contributed by atoms with van der Waals surface area (Å²) in [7, 11) is 1.93. The Kier molecular flexibility index (Phi) is 4.66. The first-order chi connectivity index (χ1) is 9.11. The molecule has 1 atom stereocenters. The highest BCUT2D eigenvalue weighted by Gasteiger charge is 2.13. The van der Waals surface area contributed by atoms with E-state index in [9.17, 15) is 4.39 Å². The van der Waals surface area contributed by atoms with E-state index in [0.717, 1.165) is 17.7 Å². The van der Waals surface area contributed by atoms with Crippen molar-refractivity contribution in [1.29, 1.82) is 0 Å². The molecule has 2 rings (SSSR count). The molecule has 2 aromatic rings. The summed E-state index contributed by atoms with van der Waals surface area (Å²) in [6.45, 7) is 2.00. The van der Waals surface area contributed by atoms with Gasteiger partial charge in [0, 0.05) is 17.9 Å². The quantitative estimate of drug-likeness (QED) is 0.926. The maximum atomic E-state index is 13.2. The second-order valence-electron chi connectivity index (χ2n) is 4.47. The highest BCUT2D eigenvalue weighted by atomic mass is 79.9. The molecule has 0 aliphatic carbocycles. The number of hydrogen-bond acceptors (Lipinski definition) is 2. The van der Waals surface area contributed by atoms with Crippen LogP contribution in [0, 0.1) is 12.7 Å². The molecule has 0 spiro atoms. The van der Waals surface area contributed by atoms with Crippen molar-refractivity contribution in [1.82, 2.24) is 10.3 Å². The molecule has 0 radical (unpaired) electrons. The van der Waals surface area contributed by atoms with Gasteiger partial charge in [0.15, 0.2) is 0 Å². The summed E-state index contributed by atoms with van der Waals surface area (Å²) in [5.74, 6) is -0.234. The zero-order chi connectivity index (χ0) is 13.8. The van der Waals surface area contributed by atoms with Gasteiger partial charge in [-0.3, -0.25) is 4.98 Å². The number of likely N-dealkylation sites (N-methyl/N-ethyl adjacent to an activating group) is 1. The van der Waals surface area contributed by atoms with E-state index in [1.54, 1.807) is 6.20 Å². The number of rotatable bonds is 4. The van der Waals surface area contributed by atoms with Crippen molar-refractivity contribution < 1.29 is 4.39 Å². The highest BCUT2D eigenvalue weighted by Crippen LogP contribution is 2.23. The predicted molar refractivity (Wildman–Crippen MR) is 78.6 cm³/mol. The van der Waals surface area contributed by atoms with Gasteiger partial charge < -0.3 is 5.32 Å². The Labute approximate surface area is 121 Å². The number of nitrogens with one attached hydrogen (secondary N) is 1. The van der Waals surface area contributed by atoms with E-state index in [2.05, 4.69) is 32.3 Å². The van der Waals surface area contributed by atoms with Crippen LogP contribution in [0.4, 0.5) is 4.39 Å². The zero-order valence-electron chi connectivity index (χ0n) is 11.0. The molecule has 1 aromatic heterocycles. The largest absolute Gasteiger partial charge is 0.313 e. The number of pyridine rings is 1. The summed E-state index contributed by atoms with van der Waals surface area (Å²) < 4.78 is 13.7. The monoisotopic (exact) mass is 322 g/mol. The van der Waals surface area contributed by atoms with Crippen LogP contribution < -0.4 is 5.32 Å². The van der Waals surface area contributed by atoms with Gasteiger partial charge in [-0.05, 0) is 65.6 Å². The molecule has 0 amide bonds. The van der Waals surface area contributed by atoms with Crippen LogP contribution >= 0.6 is 15.9 Å². The second-order valence-corrected chi connectivity index (χ2v) is 5.33. The summed E-state index contributed by atoms with van der Waals surface area (Å²) in [4.78, 5) is 4.31. The Morgan fingerprint density at radius 2 is 2.16 bits per heavy atom. The van der Waals surface area contributed by atoms with Crippen molar-refractivity contribution >= 4 is 15.9 Å². The first-order valence-corrected chi connectivity index (χ1v) is 6.94. The third-order valence-corrected chi connectivity index (χ3v) is 3.80. The molecule has 0 aliphatic rings. The highest BCUT2D eigenvalue weighted by molar-refractivity contribution is 9.10. The maximum absolute atomic E-state index is 13.2. The van der Waals surface area contributed by atoms with Crippen LogP contribution in [0.1, 0.15) is 22.9 Å². The molecule has 0 saturated carbocycles. The Morgan fingerprint density at radius 3 is 2.79 bits per heavy atom. The van der Waals surface area contributed by atoms with E-state index in [1.807, 2.05) is 32.2 Å². The van der Waals surface area contributed by atoms with Gasteiger partial charge in [0.2, 0.25) is 0 Å². The van der Waals surface area contributed by atoms with Crippen LogP contribution in [0.3, 0.4) is 0 Å². The van der Waals surface area contributed by atoms with Crippen molar-refractivity contribution in [3.05, 3.63) is 63.6 Å². The third kappa shape index (κ3) is 3.39. The van der Waals surface area contributed by atoms with Crippen molar-refractivity contribution in [3.63, 3.8) is 0 Å². The van der Waals surface area contributed by atoms with Gasteiger partial charge in [0.1, 0.15) is 5.82 Å². The van der Waals surface area contributed by atoms with E-state index >= 15 is 0 Å². The minimum Gasteiger partial charge on any atom is -0.313 e. The lowest BCUT2D eigenvalue weighted by Gasteiger charge is -2.18. The topological polar surface area (TPSA) is 24.9 Å². The number of aryl methyl sites for hydroxylation is 1. The fourth-order valence-electron chi connectivity index (χ4n) is 2.13. The van der Waals surface area contributed by atoms with E-state index in [0.29, 0.717) is 4.47 Å². The van der Waals surface area contributed by atoms with Gasteiger partial charge in [-0.2, -0.15) is 0 Å². The molecule has 100 valence electrons. The first-order valence-electron chi connectivity index (χ1n) is 6.14. The van der Waals surface area contributed by atoms with Crippen molar-refractivity contribution in [2.24, 2.45) is 0 Å². The average molecular weight is 323 g/mol. The Hall–Kier alpha value is -1.26. The van der Waals surface area contributed by atoms with Crippen LogP contribution in [-0.2, 0) is 6.42 Å². The molecule has 0 saturated heterocycles. The van der Waals surface area contributed by atoms with Crippen molar-refractivity contribution in [3.8, 4) is 0 Å². The molecular formula is C15H16BrFN2. The van der Waals surface area contributed by atoms with Gasteiger partial charge in [-0.1, -0.05) is 12.1 Å². The van der Waals surface area contributed by atoms with Crippen LogP contribution in [-0.4, -0.2) is 12.0 Å². The minimum absolute atomic E-state index is 0.172. The fraction of sp³-hybridized carbons (Fsp3) is 0.267. The normalized spacial score (nSPS) is 12.4. The third-order valence-electron chi connectivity index (χ3n) is 3.20. The first kappa shape index (κ1) is 14.2. The number of hydrogen-bond donors (Lipinski definition) is 1. The molecule has 2 nitrogen and oxygen atoms in total. The Balaban J connectivity index is 2.24. The molecule has 1 heterocycles. The average Bonchev–Trinajstić information content (AvgIpc) is 2.41. The number of nitrogens with zero attached hydrogens (tertiary/aromatic N) is 1. The van der Waals surface area contributed by atoms with Crippen molar-refractivity contribution in [2.45, 2.75) is 19.4 Å². The number of aromatic nitrogens is 1. The van der Waals surface area contributed by atoms with Crippen LogP contribution in [0.15, 0.2) is 41.0 Å². The lowest BCUT2D eigenvalue weighted by molar-refractivity contribution is 0.582. The second kappa shape index (κ2) is 6.26. The molecule has 1 N–H and O–H groups in total. The summed E-state index contributed by atoms with van der Waals surface area (Å²) >= 11 is 3.22. The van der Waals surface area contributed by atoms with E-state index in [4.69, 9.17) is 0 Å². The predicted octanol–water partition coefficient (Wildman–Crippen LogP) is 3.79. The smallest absolute Gasteiger partial charge is 0.137 e. The van der Waals surface area contributed by atoms with Gasteiger partial charge in [0.05, 0.1) is 4.47 Å². The summed E-state index contributed by atoms with van der Waals surface area (Å²) in [5.41, 5.74) is 3.27. The number of benzene rings is 1. The van der Waals surface area contributed by atoms with E-state index in [-0.39, 0.29) is 11.9 Å². The Morgan fingerprint density at radius 1 is 1.37 bits per heavy atom. The van der Waals surface area contributed by atoms with Crippen molar-refractivity contribution in [2.75, 3.05) is 7.05 Å². The number of halogens is 2.